The first kappa shape index (κ1) is 18.2. The molecule has 0 radical (unpaired) electrons. The van der Waals surface area contributed by atoms with Crippen LogP contribution in [0.4, 0.5) is 22.2 Å². The van der Waals surface area contributed by atoms with Crippen LogP contribution >= 0.6 is 11.3 Å². The highest BCUT2D eigenvalue weighted by molar-refractivity contribution is 7.16. The maximum atomic E-state index is 12.1. The highest BCUT2D eigenvalue weighted by Crippen LogP contribution is 2.26. The topological polar surface area (TPSA) is 119 Å². The summed E-state index contributed by atoms with van der Waals surface area (Å²) in [5.74, 6) is 1.59. The predicted octanol–water partition coefficient (Wildman–Crippen LogP) is 1.96. The number of methoxy groups -OCH3 is 1. The molecule has 1 aliphatic rings. The lowest BCUT2D eigenvalue weighted by Crippen LogP contribution is -2.47. The number of hydrogen-bond donors (Lipinski definition) is 2. The molecule has 146 valence electrons. The summed E-state index contributed by atoms with van der Waals surface area (Å²) in [7, 11) is 1.57. The zero-order valence-electron chi connectivity index (χ0n) is 15.2. The van der Waals surface area contributed by atoms with Gasteiger partial charge in [-0.25, -0.2) is 14.8 Å². The number of ether oxygens (including phenoxy) is 1. The van der Waals surface area contributed by atoms with E-state index in [4.69, 9.17) is 15.3 Å². The fourth-order valence-corrected chi connectivity index (χ4v) is 3.59. The number of nitrogens with zero attached hydrogens (tertiary/aromatic N) is 5. The number of thiazole rings is 1. The van der Waals surface area contributed by atoms with Gasteiger partial charge in [0.2, 0.25) is 5.95 Å². The van der Waals surface area contributed by atoms with Gasteiger partial charge in [-0.2, -0.15) is 4.98 Å². The van der Waals surface area contributed by atoms with Gasteiger partial charge in [0.05, 0.1) is 25.7 Å². The Bertz CT molecular complexity index is 988. The first-order chi connectivity index (χ1) is 13.6. The predicted molar refractivity (Wildman–Crippen MR) is 107 cm³/mol. The largest absolute Gasteiger partial charge is 0.497 e. The number of benzene rings is 1. The number of piperazine rings is 1. The highest BCUT2D eigenvalue weighted by Gasteiger charge is 2.24. The van der Waals surface area contributed by atoms with Gasteiger partial charge in [-0.3, -0.25) is 5.32 Å². The number of hydroxylamine groups is 2. The standard InChI is InChI=1S/C17H19N7O3S/c1-26-12-4-2-3-11(9-12)20-17(25)27-24-7-5-23(6-8-24)14-13-15(28-10-19-13)22-16(18)21-14/h2-4,9-10H,5-8H2,1H3,(H,20,25)(H2,18,21,22). The van der Waals surface area contributed by atoms with Crippen LogP contribution in [0.2, 0.25) is 0 Å². The summed E-state index contributed by atoms with van der Waals surface area (Å²) >= 11 is 1.43. The maximum Gasteiger partial charge on any atom is 0.430 e. The quantitative estimate of drug-likeness (QED) is 0.676. The molecule has 1 amide bonds. The lowest BCUT2D eigenvalue weighted by atomic mass is 10.3. The van der Waals surface area contributed by atoms with Gasteiger partial charge < -0.3 is 20.2 Å². The summed E-state index contributed by atoms with van der Waals surface area (Å²) in [5, 5.41) is 4.31. The summed E-state index contributed by atoms with van der Waals surface area (Å²) in [6.45, 7) is 2.30. The average Bonchev–Trinajstić information content (AvgIpc) is 3.16. The third kappa shape index (κ3) is 3.89. The molecule has 3 heterocycles. The van der Waals surface area contributed by atoms with Gasteiger partial charge >= 0.3 is 6.09 Å². The summed E-state index contributed by atoms with van der Waals surface area (Å²) in [6, 6.07) is 7.08. The molecule has 0 saturated carbocycles. The Labute approximate surface area is 164 Å². The number of nitrogen functional groups attached to an aromatic ring is 1. The maximum absolute atomic E-state index is 12.1. The number of nitrogens with two attached hydrogens (primary N) is 1. The van der Waals surface area contributed by atoms with E-state index in [1.54, 1.807) is 41.9 Å². The minimum atomic E-state index is -0.546. The Balaban J connectivity index is 1.35. The number of fused-ring (bicyclic) bond motifs is 1. The second-order valence-corrected chi connectivity index (χ2v) is 6.90. The number of anilines is 3. The monoisotopic (exact) mass is 401 g/mol. The molecule has 11 heteroatoms. The summed E-state index contributed by atoms with van der Waals surface area (Å²) < 4.78 is 5.14. The van der Waals surface area contributed by atoms with Crippen molar-refractivity contribution >= 4 is 45.2 Å². The number of nitrogens with one attached hydrogen (secondary N) is 1. The molecule has 0 spiro atoms. The minimum Gasteiger partial charge on any atom is -0.497 e. The Morgan fingerprint density at radius 1 is 1.25 bits per heavy atom. The smallest absolute Gasteiger partial charge is 0.430 e. The third-order valence-corrected chi connectivity index (χ3v) is 4.98. The summed E-state index contributed by atoms with van der Waals surface area (Å²) in [4.78, 5) is 33.2. The SMILES string of the molecule is COc1cccc(NC(=O)ON2CCN(c3nc(N)nc4scnc34)CC2)c1. The Hall–Kier alpha value is -3.18. The van der Waals surface area contributed by atoms with E-state index >= 15 is 0 Å². The molecule has 4 rings (SSSR count). The van der Waals surface area contributed by atoms with Gasteiger partial charge in [-0.15, -0.1) is 16.4 Å². The molecule has 2 aromatic heterocycles. The van der Waals surface area contributed by atoms with Gasteiger partial charge in [-0.05, 0) is 12.1 Å². The van der Waals surface area contributed by atoms with Crippen LogP contribution in [0.15, 0.2) is 29.8 Å². The van der Waals surface area contributed by atoms with Gasteiger partial charge in [0.1, 0.15) is 11.3 Å². The van der Waals surface area contributed by atoms with Gasteiger partial charge in [0.15, 0.2) is 10.6 Å². The normalized spacial score (nSPS) is 14.8. The molecule has 0 atom stereocenters. The second kappa shape index (κ2) is 7.82. The van der Waals surface area contributed by atoms with Gasteiger partial charge in [-0.1, -0.05) is 6.07 Å². The Morgan fingerprint density at radius 2 is 2.07 bits per heavy atom. The van der Waals surface area contributed by atoms with Crippen molar-refractivity contribution in [3.63, 3.8) is 0 Å². The molecule has 10 nitrogen and oxygen atoms in total. The van der Waals surface area contributed by atoms with E-state index in [0.717, 1.165) is 10.3 Å². The molecule has 1 aliphatic heterocycles. The van der Waals surface area contributed by atoms with Crippen LogP contribution in [0, 0.1) is 0 Å². The molecule has 28 heavy (non-hydrogen) atoms. The lowest BCUT2D eigenvalue weighted by Gasteiger charge is -2.33. The highest BCUT2D eigenvalue weighted by atomic mass is 32.1. The molecular weight excluding hydrogens is 382 g/mol. The van der Waals surface area contributed by atoms with Crippen LogP contribution in [-0.2, 0) is 4.84 Å². The van der Waals surface area contributed by atoms with Gasteiger partial charge in [0.25, 0.3) is 0 Å². The molecule has 3 N–H and O–H groups in total. The number of hydrogen-bond acceptors (Lipinski definition) is 10. The van der Waals surface area contributed by atoms with E-state index in [0.29, 0.717) is 43.4 Å². The van der Waals surface area contributed by atoms with Crippen molar-refractivity contribution in [1.29, 1.82) is 0 Å². The van der Waals surface area contributed by atoms with Crippen LogP contribution < -0.4 is 20.7 Å². The number of carbonyl (C=O) groups excluding carboxylic acids is 1. The zero-order valence-corrected chi connectivity index (χ0v) is 16.0. The van der Waals surface area contributed by atoms with Crippen LogP contribution in [0.5, 0.6) is 5.75 Å². The third-order valence-electron chi connectivity index (χ3n) is 4.26. The van der Waals surface area contributed by atoms with E-state index in [2.05, 4.69) is 25.2 Å². The van der Waals surface area contributed by atoms with Crippen molar-refractivity contribution in [3.05, 3.63) is 29.8 Å². The second-order valence-electron chi connectivity index (χ2n) is 6.06. The van der Waals surface area contributed by atoms with E-state index in [1.807, 2.05) is 0 Å². The van der Waals surface area contributed by atoms with E-state index in [9.17, 15) is 4.79 Å². The molecule has 1 aromatic carbocycles. The molecule has 3 aromatic rings. The van der Waals surface area contributed by atoms with Crippen LogP contribution in [0.3, 0.4) is 0 Å². The zero-order chi connectivity index (χ0) is 19.5. The van der Waals surface area contributed by atoms with Crippen LogP contribution in [0.1, 0.15) is 0 Å². The number of aromatic nitrogens is 3. The van der Waals surface area contributed by atoms with Crippen molar-refractivity contribution in [2.75, 3.05) is 49.2 Å². The lowest BCUT2D eigenvalue weighted by molar-refractivity contribution is -0.0966. The minimum absolute atomic E-state index is 0.225. The Morgan fingerprint density at radius 3 is 2.86 bits per heavy atom. The van der Waals surface area contributed by atoms with E-state index in [1.165, 1.54) is 11.3 Å². The molecule has 1 saturated heterocycles. The van der Waals surface area contributed by atoms with Crippen molar-refractivity contribution < 1.29 is 14.4 Å². The number of rotatable bonds is 4. The summed E-state index contributed by atoms with van der Waals surface area (Å²) in [6.07, 6.45) is -0.546. The molecule has 0 aliphatic carbocycles. The summed E-state index contributed by atoms with van der Waals surface area (Å²) in [5.41, 5.74) is 8.88. The van der Waals surface area contributed by atoms with E-state index < -0.39 is 6.09 Å². The molecule has 0 unspecified atom stereocenters. The molecular formula is C17H19N7O3S. The van der Waals surface area contributed by atoms with Crippen molar-refractivity contribution in [2.45, 2.75) is 0 Å². The van der Waals surface area contributed by atoms with Crippen molar-refractivity contribution in [3.8, 4) is 5.75 Å². The molecule has 1 fully saturated rings. The molecule has 0 bridgehead atoms. The number of amides is 1. The fraction of sp³-hybridized carbons (Fsp3) is 0.294. The van der Waals surface area contributed by atoms with Crippen LogP contribution in [0.25, 0.3) is 10.3 Å². The van der Waals surface area contributed by atoms with E-state index in [-0.39, 0.29) is 5.95 Å². The van der Waals surface area contributed by atoms with Crippen molar-refractivity contribution in [1.82, 2.24) is 20.0 Å². The fourth-order valence-electron chi connectivity index (χ4n) is 2.93. The Kier molecular flexibility index (Phi) is 5.08. The van der Waals surface area contributed by atoms with Gasteiger partial charge in [0, 0.05) is 24.8 Å². The first-order valence-corrected chi connectivity index (χ1v) is 9.50. The first-order valence-electron chi connectivity index (χ1n) is 8.62. The average molecular weight is 401 g/mol. The number of carbonyl (C=O) groups is 1. The van der Waals surface area contributed by atoms with Crippen molar-refractivity contribution in [2.24, 2.45) is 0 Å². The van der Waals surface area contributed by atoms with Crippen LogP contribution in [-0.4, -0.2) is 59.4 Å².